The highest BCUT2D eigenvalue weighted by atomic mass is 16.7. The Morgan fingerprint density at radius 3 is 2.35 bits per heavy atom. The van der Waals surface area contributed by atoms with E-state index in [-0.39, 0.29) is 6.10 Å². The summed E-state index contributed by atoms with van der Waals surface area (Å²) in [5, 5.41) is 20.7. The molecule has 0 radical (unpaired) electrons. The van der Waals surface area contributed by atoms with Crippen LogP contribution < -0.4 is 0 Å². The Kier molecular flexibility index (Phi) is 4.62. The molecule has 0 aromatic heterocycles. The van der Waals surface area contributed by atoms with Crippen LogP contribution in [0.25, 0.3) is 0 Å². The average molecular weight is 433 g/mol. The minimum absolute atomic E-state index is 0.0592. The summed E-state index contributed by atoms with van der Waals surface area (Å²) in [6, 6.07) is 0. The maximum atomic E-state index is 10.4. The summed E-state index contributed by atoms with van der Waals surface area (Å²) in [6.07, 6.45) is 11.7. The molecule has 0 bridgehead atoms. The van der Waals surface area contributed by atoms with E-state index in [0.29, 0.717) is 35.4 Å². The normalized spacial score (nSPS) is 63.3. The van der Waals surface area contributed by atoms with E-state index in [1.54, 1.807) is 0 Å². The van der Waals surface area contributed by atoms with Crippen LogP contribution in [0.4, 0.5) is 0 Å². The van der Waals surface area contributed by atoms with Gasteiger partial charge in [0.2, 0.25) is 0 Å². The molecule has 4 heteroatoms. The van der Waals surface area contributed by atoms with Gasteiger partial charge in [0.05, 0.1) is 24.4 Å². The van der Waals surface area contributed by atoms with Crippen molar-refractivity contribution >= 4 is 0 Å². The van der Waals surface area contributed by atoms with Crippen LogP contribution in [0.15, 0.2) is 0 Å². The van der Waals surface area contributed by atoms with Crippen molar-refractivity contribution in [3.05, 3.63) is 0 Å². The first kappa shape index (κ1) is 21.4. The lowest BCUT2D eigenvalue weighted by molar-refractivity contribution is -0.294. The Morgan fingerprint density at radius 1 is 0.839 bits per heavy atom. The summed E-state index contributed by atoms with van der Waals surface area (Å²) in [7, 11) is 0. The van der Waals surface area contributed by atoms with Crippen LogP contribution in [0.2, 0.25) is 0 Å². The summed E-state index contributed by atoms with van der Waals surface area (Å²) in [6.45, 7) is 9.84. The molecule has 6 fully saturated rings. The van der Waals surface area contributed by atoms with Gasteiger partial charge in [-0.1, -0.05) is 20.8 Å². The molecule has 0 aromatic carbocycles. The third-order valence-electron chi connectivity index (χ3n) is 11.9. The third kappa shape index (κ3) is 2.87. The topological polar surface area (TPSA) is 58.9 Å². The van der Waals surface area contributed by atoms with E-state index in [2.05, 4.69) is 20.8 Å². The number of rotatable bonds is 0. The van der Waals surface area contributed by atoms with Crippen LogP contribution in [-0.2, 0) is 9.47 Å². The first-order chi connectivity index (χ1) is 14.6. The SMILES string of the molecule is C[C@H]1[C@H]2[C@H](C[C@H]3[C@@H]4CC[C@H]5C[C@@H](O)CC[C@]5(C)[C@H]4CC[C@]23C)O[C@]12CC[C@](C)(O)CO2. The number of hydrogen-bond acceptors (Lipinski definition) is 4. The number of fused-ring (bicyclic) bond motifs is 7. The Bertz CT molecular complexity index is 725. The molecule has 2 saturated heterocycles. The van der Waals surface area contributed by atoms with Gasteiger partial charge >= 0.3 is 0 Å². The summed E-state index contributed by atoms with van der Waals surface area (Å²) in [5.74, 6) is 3.69. The van der Waals surface area contributed by atoms with Crippen LogP contribution in [0.5, 0.6) is 0 Å². The molecule has 0 aromatic rings. The number of ether oxygens (including phenoxy) is 2. The van der Waals surface area contributed by atoms with E-state index in [4.69, 9.17) is 9.47 Å². The van der Waals surface area contributed by atoms with Crippen LogP contribution in [0.1, 0.15) is 91.9 Å². The van der Waals surface area contributed by atoms with Gasteiger partial charge in [0.25, 0.3) is 0 Å². The second-order valence-electron chi connectivity index (χ2n) is 13.4. The summed E-state index contributed by atoms with van der Waals surface area (Å²) in [5.41, 5.74) is 0.0839. The molecule has 2 aliphatic heterocycles. The average Bonchev–Trinajstić information content (AvgIpc) is 3.16. The molecular weight excluding hydrogens is 388 g/mol. The molecule has 0 unspecified atom stereocenters. The van der Waals surface area contributed by atoms with Gasteiger partial charge in [0.15, 0.2) is 5.79 Å². The Balaban J connectivity index is 1.25. The fourth-order valence-corrected chi connectivity index (χ4v) is 10.2. The van der Waals surface area contributed by atoms with Gasteiger partial charge in [0.1, 0.15) is 0 Å². The lowest BCUT2D eigenvalue weighted by atomic mass is 9.44. The monoisotopic (exact) mass is 432 g/mol. The highest BCUT2D eigenvalue weighted by molar-refractivity contribution is 5.15. The second kappa shape index (κ2) is 6.71. The molecule has 2 heterocycles. The van der Waals surface area contributed by atoms with Crippen molar-refractivity contribution in [3.8, 4) is 0 Å². The van der Waals surface area contributed by atoms with E-state index in [1.807, 2.05) is 6.92 Å². The van der Waals surface area contributed by atoms with E-state index in [0.717, 1.165) is 49.4 Å². The number of aliphatic hydroxyl groups excluding tert-OH is 1. The van der Waals surface area contributed by atoms with E-state index in [9.17, 15) is 10.2 Å². The standard InChI is InChI=1S/C27H44O4/c1-16-23-22(31-27(16)12-11-24(2,29)15-30-27)14-21-19-6-5-17-13-18(28)7-9-25(17,3)20(19)8-10-26(21,23)4/h16-23,28-29H,5-15H2,1-4H3/t16-,17-,18-,19+,20-,21-,22-,23-,24-,25-,26-,27+/m0/s1. The van der Waals surface area contributed by atoms with Crippen molar-refractivity contribution in [3.63, 3.8) is 0 Å². The lowest BCUT2D eigenvalue weighted by Crippen LogP contribution is -2.55. The smallest absolute Gasteiger partial charge is 0.171 e. The van der Waals surface area contributed by atoms with Gasteiger partial charge in [-0.15, -0.1) is 0 Å². The molecule has 4 aliphatic carbocycles. The zero-order valence-electron chi connectivity index (χ0n) is 20.1. The molecule has 12 atom stereocenters. The predicted octanol–water partition coefficient (Wildman–Crippen LogP) is 4.91. The van der Waals surface area contributed by atoms with Gasteiger partial charge in [-0.3, -0.25) is 0 Å². The molecule has 31 heavy (non-hydrogen) atoms. The molecule has 176 valence electrons. The quantitative estimate of drug-likeness (QED) is 0.571. The van der Waals surface area contributed by atoms with Crippen molar-refractivity contribution in [2.24, 2.45) is 46.3 Å². The van der Waals surface area contributed by atoms with Gasteiger partial charge in [-0.05, 0) is 105 Å². The fraction of sp³-hybridized carbons (Fsp3) is 1.00. The fourth-order valence-electron chi connectivity index (χ4n) is 10.2. The van der Waals surface area contributed by atoms with Crippen molar-refractivity contribution in [1.82, 2.24) is 0 Å². The molecule has 4 saturated carbocycles. The van der Waals surface area contributed by atoms with Crippen LogP contribution in [-0.4, -0.2) is 40.4 Å². The van der Waals surface area contributed by atoms with Crippen LogP contribution in [0.3, 0.4) is 0 Å². The first-order valence-corrected chi connectivity index (χ1v) is 13.3. The van der Waals surface area contributed by atoms with Gasteiger partial charge in [-0.25, -0.2) is 0 Å². The van der Waals surface area contributed by atoms with Crippen LogP contribution in [0, 0.1) is 46.3 Å². The van der Waals surface area contributed by atoms with Gasteiger partial charge < -0.3 is 19.7 Å². The van der Waals surface area contributed by atoms with Gasteiger partial charge in [-0.2, -0.15) is 0 Å². The predicted molar refractivity (Wildman–Crippen MR) is 119 cm³/mol. The minimum Gasteiger partial charge on any atom is -0.393 e. The Hall–Kier alpha value is -0.160. The molecular formula is C27H44O4. The van der Waals surface area contributed by atoms with Crippen molar-refractivity contribution in [2.45, 2.75) is 115 Å². The highest BCUT2D eigenvalue weighted by Gasteiger charge is 2.69. The molecule has 2 N–H and O–H groups in total. The summed E-state index contributed by atoms with van der Waals surface area (Å²) < 4.78 is 13.2. The summed E-state index contributed by atoms with van der Waals surface area (Å²) >= 11 is 0. The molecule has 1 spiro atoms. The molecule has 0 amide bonds. The molecule has 6 rings (SSSR count). The zero-order chi connectivity index (χ0) is 21.8. The minimum atomic E-state index is -0.710. The largest absolute Gasteiger partial charge is 0.393 e. The maximum absolute atomic E-state index is 10.4. The first-order valence-electron chi connectivity index (χ1n) is 13.3. The lowest BCUT2D eigenvalue weighted by Gasteiger charge is -2.61. The van der Waals surface area contributed by atoms with E-state index >= 15 is 0 Å². The van der Waals surface area contributed by atoms with Crippen LogP contribution >= 0.6 is 0 Å². The van der Waals surface area contributed by atoms with E-state index in [1.165, 1.54) is 38.5 Å². The Morgan fingerprint density at radius 2 is 1.61 bits per heavy atom. The van der Waals surface area contributed by atoms with Gasteiger partial charge in [0, 0.05) is 12.3 Å². The number of hydrogen-bond donors (Lipinski definition) is 2. The number of aliphatic hydroxyl groups is 2. The van der Waals surface area contributed by atoms with E-state index < -0.39 is 11.4 Å². The maximum Gasteiger partial charge on any atom is 0.171 e. The Labute approximate surface area is 188 Å². The second-order valence-corrected chi connectivity index (χ2v) is 13.4. The highest BCUT2D eigenvalue weighted by Crippen LogP contribution is 2.71. The molecule has 4 nitrogen and oxygen atoms in total. The zero-order valence-corrected chi connectivity index (χ0v) is 20.1. The third-order valence-corrected chi connectivity index (χ3v) is 11.9. The molecule has 6 aliphatic rings. The summed E-state index contributed by atoms with van der Waals surface area (Å²) in [4.78, 5) is 0. The van der Waals surface area contributed by atoms with Crippen molar-refractivity contribution in [1.29, 1.82) is 0 Å². The van der Waals surface area contributed by atoms with Crippen molar-refractivity contribution < 1.29 is 19.7 Å². The van der Waals surface area contributed by atoms with Crippen molar-refractivity contribution in [2.75, 3.05) is 6.61 Å².